The van der Waals surface area contributed by atoms with E-state index in [-0.39, 0.29) is 24.8 Å². The Labute approximate surface area is 141 Å². The molecule has 0 bridgehead atoms. The Hall–Kier alpha value is -2.89. The number of ether oxygens (including phenoxy) is 1. The van der Waals surface area contributed by atoms with E-state index in [1.807, 2.05) is 19.9 Å². The Morgan fingerprint density at radius 2 is 1.88 bits per heavy atom. The molecule has 0 aliphatic rings. The smallest absolute Gasteiger partial charge is 0.251 e. The minimum absolute atomic E-state index is 0.179. The summed E-state index contributed by atoms with van der Waals surface area (Å²) in [5.74, 6) is 0.806. The number of aryl methyl sites for hydroxylation is 1. The zero-order valence-electron chi connectivity index (χ0n) is 13.8. The largest absolute Gasteiger partial charge is 0.494 e. The molecule has 6 nitrogen and oxygen atoms in total. The highest BCUT2D eigenvalue weighted by atomic mass is 16.5. The maximum Gasteiger partial charge on any atom is 0.251 e. The van der Waals surface area contributed by atoms with Crippen LogP contribution in [-0.4, -0.2) is 29.9 Å². The summed E-state index contributed by atoms with van der Waals surface area (Å²) in [5.41, 5.74) is 1.55. The van der Waals surface area contributed by atoms with Crippen LogP contribution in [0.2, 0.25) is 0 Å². The topological polar surface area (TPSA) is 80.3 Å². The molecular weight excluding hydrogens is 306 g/mol. The fourth-order valence-corrected chi connectivity index (χ4v) is 2.01. The van der Waals surface area contributed by atoms with E-state index in [1.54, 1.807) is 36.5 Å². The molecule has 2 amide bonds. The molecule has 0 radical (unpaired) electrons. The Bertz CT molecular complexity index is 682. The van der Waals surface area contributed by atoms with Gasteiger partial charge in [-0.1, -0.05) is 6.07 Å². The van der Waals surface area contributed by atoms with Crippen LogP contribution in [0.25, 0.3) is 0 Å². The minimum atomic E-state index is -0.223. The third-order valence-electron chi connectivity index (χ3n) is 3.24. The molecule has 2 aromatic rings. The van der Waals surface area contributed by atoms with Gasteiger partial charge in [-0.2, -0.15) is 0 Å². The summed E-state index contributed by atoms with van der Waals surface area (Å²) in [7, 11) is 0. The van der Waals surface area contributed by atoms with Crippen LogP contribution in [0, 0.1) is 6.92 Å². The van der Waals surface area contributed by atoms with Gasteiger partial charge in [0.2, 0.25) is 5.91 Å². The zero-order valence-corrected chi connectivity index (χ0v) is 13.8. The van der Waals surface area contributed by atoms with Crippen molar-refractivity contribution in [3.63, 3.8) is 0 Å². The van der Waals surface area contributed by atoms with Gasteiger partial charge >= 0.3 is 0 Å². The molecule has 0 atom stereocenters. The molecule has 0 spiro atoms. The summed E-state index contributed by atoms with van der Waals surface area (Å²) in [5, 5.41) is 5.40. The lowest BCUT2D eigenvalue weighted by Crippen LogP contribution is -2.27. The molecule has 0 aliphatic heterocycles. The number of carbonyl (C=O) groups excluding carboxylic acids is 2. The molecule has 2 N–H and O–H groups in total. The van der Waals surface area contributed by atoms with Gasteiger partial charge in [-0.05, 0) is 49.7 Å². The van der Waals surface area contributed by atoms with E-state index in [2.05, 4.69) is 15.6 Å². The highest BCUT2D eigenvalue weighted by Crippen LogP contribution is 2.12. The van der Waals surface area contributed by atoms with Crippen LogP contribution >= 0.6 is 0 Å². The molecule has 0 saturated carbocycles. The predicted molar refractivity (Wildman–Crippen MR) is 92.2 cm³/mol. The van der Waals surface area contributed by atoms with E-state index >= 15 is 0 Å². The Morgan fingerprint density at radius 1 is 1.12 bits per heavy atom. The Morgan fingerprint density at radius 3 is 2.50 bits per heavy atom. The summed E-state index contributed by atoms with van der Waals surface area (Å²) >= 11 is 0. The van der Waals surface area contributed by atoms with Gasteiger partial charge in [0.05, 0.1) is 6.61 Å². The van der Waals surface area contributed by atoms with Crippen LogP contribution in [0.4, 0.5) is 5.82 Å². The SMILES string of the molecule is CCOc1ccc(C(=O)NCCC(=O)Nc2ccc(C)cn2)cc1. The van der Waals surface area contributed by atoms with E-state index in [4.69, 9.17) is 4.74 Å². The Kier molecular flexibility index (Phi) is 6.31. The summed E-state index contributed by atoms with van der Waals surface area (Å²) < 4.78 is 5.33. The van der Waals surface area contributed by atoms with Gasteiger partial charge < -0.3 is 15.4 Å². The van der Waals surface area contributed by atoms with Crippen molar-refractivity contribution in [1.82, 2.24) is 10.3 Å². The normalized spacial score (nSPS) is 10.1. The van der Waals surface area contributed by atoms with Gasteiger partial charge in [0.25, 0.3) is 5.91 Å². The third-order valence-corrected chi connectivity index (χ3v) is 3.24. The molecular formula is C18H21N3O3. The van der Waals surface area contributed by atoms with Crippen molar-refractivity contribution in [2.24, 2.45) is 0 Å². The number of hydrogen-bond acceptors (Lipinski definition) is 4. The summed E-state index contributed by atoms with van der Waals surface area (Å²) in [6.07, 6.45) is 1.86. The first-order valence-corrected chi connectivity index (χ1v) is 7.82. The first kappa shape index (κ1) is 17.5. The van der Waals surface area contributed by atoms with Crippen molar-refractivity contribution < 1.29 is 14.3 Å². The Balaban J connectivity index is 1.75. The number of rotatable bonds is 7. The van der Waals surface area contributed by atoms with Gasteiger partial charge in [0.15, 0.2) is 0 Å². The van der Waals surface area contributed by atoms with Gasteiger partial charge in [0, 0.05) is 24.7 Å². The van der Waals surface area contributed by atoms with Crippen molar-refractivity contribution in [2.75, 3.05) is 18.5 Å². The number of nitrogens with zero attached hydrogens (tertiary/aromatic N) is 1. The highest BCUT2D eigenvalue weighted by Gasteiger charge is 2.07. The standard InChI is InChI=1S/C18H21N3O3/c1-3-24-15-7-5-14(6-8-15)18(23)19-11-10-17(22)21-16-9-4-13(2)12-20-16/h4-9,12H,3,10-11H2,1-2H3,(H,19,23)(H,20,21,22). The molecule has 0 fully saturated rings. The predicted octanol–water partition coefficient (Wildman–Crippen LogP) is 2.55. The summed E-state index contributed by atoms with van der Waals surface area (Å²) in [6, 6.07) is 10.5. The number of benzene rings is 1. The van der Waals surface area contributed by atoms with Crippen molar-refractivity contribution in [3.8, 4) is 5.75 Å². The van der Waals surface area contributed by atoms with Gasteiger partial charge in [-0.3, -0.25) is 9.59 Å². The molecule has 1 aromatic carbocycles. The van der Waals surface area contributed by atoms with Crippen LogP contribution in [-0.2, 0) is 4.79 Å². The number of nitrogens with one attached hydrogen (secondary N) is 2. The highest BCUT2D eigenvalue weighted by molar-refractivity contribution is 5.95. The first-order chi connectivity index (χ1) is 11.6. The fraction of sp³-hybridized carbons (Fsp3) is 0.278. The molecule has 0 aliphatic carbocycles. The molecule has 2 rings (SSSR count). The average molecular weight is 327 g/mol. The van der Waals surface area contributed by atoms with Gasteiger partial charge in [-0.25, -0.2) is 4.98 Å². The van der Waals surface area contributed by atoms with Crippen LogP contribution in [0.5, 0.6) is 5.75 Å². The number of pyridine rings is 1. The van der Waals surface area contributed by atoms with E-state index in [0.29, 0.717) is 18.0 Å². The molecule has 126 valence electrons. The average Bonchev–Trinajstić information content (AvgIpc) is 2.58. The lowest BCUT2D eigenvalue weighted by atomic mass is 10.2. The van der Waals surface area contributed by atoms with Crippen molar-refractivity contribution in [2.45, 2.75) is 20.3 Å². The van der Waals surface area contributed by atoms with Crippen LogP contribution in [0.1, 0.15) is 29.3 Å². The van der Waals surface area contributed by atoms with Crippen LogP contribution < -0.4 is 15.4 Å². The number of hydrogen-bond donors (Lipinski definition) is 2. The summed E-state index contributed by atoms with van der Waals surface area (Å²) in [4.78, 5) is 27.9. The van der Waals surface area contributed by atoms with Crippen molar-refractivity contribution in [3.05, 3.63) is 53.7 Å². The number of anilines is 1. The lowest BCUT2D eigenvalue weighted by molar-refractivity contribution is -0.116. The summed E-state index contributed by atoms with van der Waals surface area (Å²) in [6.45, 7) is 4.66. The quantitative estimate of drug-likeness (QED) is 0.819. The maximum absolute atomic E-state index is 12.0. The van der Waals surface area contributed by atoms with Crippen LogP contribution in [0.3, 0.4) is 0 Å². The number of amides is 2. The van der Waals surface area contributed by atoms with E-state index in [1.165, 1.54) is 0 Å². The second-order valence-electron chi connectivity index (χ2n) is 5.23. The van der Waals surface area contributed by atoms with Gasteiger partial charge in [-0.15, -0.1) is 0 Å². The molecule has 1 heterocycles. The lowest BCUT2D eigenvalue weighted by Gasteiger charge is -2.07. The number of carbonyl (C=O) groups is 2. The fourth-order valence-electron chi connectivity index (χ4n) is 2.01. The second kappa shape index (κ2) is 8.67. The first-order valence-electron chi connectivity index (χ1n) is 7.82. The minimum Gasteiger partial charge on any atom is -0.494 e. The van der Waals surface area contributed by atoms with E-state index < -0.39 is 0 Å². The second-order valence-corrected chi connectivity index (χ2v) is 5.23. The van der Waals surface area contributed by atoms with E-state index in [0.717, 1.165) is 11.3 Å². The zero-order chi connectivity index (χ0) is 17.4. The molecule has 0 unspecified atom stereocenters. The van der Waals surface area contributed by atoms with Crippen molar-refractivity contribution >= 4 is 17.6 Å². The van der Waals surface area contributed by atoms with E-state index in [9.17, 15) is 9.59 Å². The number of aromatic nitrogens is 1. The maximum atomic E-state index is 12.0. The molecule has 6 heteroatoms. The van der Waals surface area contributed by atoms with Crippen LogP contribution in [0.15, 0.2) is 42.6 Å². The van der Waals surface area contributed by atoms with Gasteiger partial charge in [0.1, 0.15) is 11.6 Å². The third kappa shape index (κ3) is 5.39. The van der Waals surface area contributed by atoms with Crippen molar-refractivity contribution in [1.29, 1.82) is 0 Å². The molecule has 24 heavy (non-hydrogen) atoms. The molecule has 0 saturated heterocycles. The molecule has 1 aromatic heterocycles. The monoisotopic (exact) mass is 327 g/mol.